The van der Waals surface area contributed by atoms with Crippen molar-refractivity contribution >= 4 is 5.97 Å². The quantitative estimate of drug-likeness (QED) is 0.730. The van der Waals surface area contributed by atoms with E-state index in [0.29, 0.717) is 6.61 Å². The van der Waals surface area contributed by atoms with Gasteiger partial charge in [-0.1, -0.05) is 25.5 Å². The Kier molecular flexibility index (Phi) is 4.68. The SMILES string of the molecule is CCCCOc1cccc(CC(=O)O)c1. The molecule has 0 fully saturated rings. The fourth-order valence-electron chi connectivity index (χ4n) is 1.25. The van der Waals surface area contributed by atoms with Crippen molar-refractivity contribution in [3.05, 3.63) is 29.8 Å². The number of unbranched alkanes of at least 4 members (excludes halogenated alkanes) is 1. The predicted molar refractivity (Wildman–Crippen MR) is 58.2 cm³/mol. The normalized spacial score (nSPS) is 9.93. The van der Waals surface area contributed by atoms with Crippen molar-refractivity contribution < 1.29 is 14.6 Å². The largest absolute Gasteiger partial charge is 0.494 e. The van der Waals surface area contributed by atoms with Crippen molar-refractivity contribution in [3.63, 3.8) is 0 Å². The van der Waals surface area contributed by atoms with E-state index in [4.69, 9.17) is 9.84 Å². The zero-order chi connectivity index (χ0) is 11.1. The molecule has 1 aromatic carbocycles. The van der Waals surface area contributed by atoms with Crippen molar-refractivity contribution in [2.45, 2.75) is 26.2 Å². The highest BCUT2D eigenvalue weighted by molar-refractivity contribution is 5.70. The average molecular weight is 208 g/mol. The van der Waals surface area contributed by atoms with E-state index in [0.717, 1.165) is 24.2 Å². The van der Waals surface area contributed by atoms with Crippen LogP contribution in [-0.2, 0) is 11.2 Å². The number of ether oxygens (including phenoxy) is 1. The summed E-state index contributed by atoms with van der Waals surface area (Å²) >= 11 is 0. The molecule has 3 heteroatoms. The number of carboxylic acids is 1. The summed E-state index contributed by atoms with van der Waals surface area (Å²) in [5.41, 5.74) is 0.775. The highest BCUT2D eigenvalue weighted by Gasteiger charge is 2.01. The highest BCUT2D eigenvalue weighted by Crippen LogP contribution is 2.14. The lowest BCUT2D eigenvalue weighted by atomic mass is 10.1. The van der Waals surface area contributed by atoms with Gasteiger partial charge in [0.2, 0.25) is 0 Å². The second-order valence-corrected chi connectivity index (χ2v) is 3.42. The third kappa shape index (κ3) is 4.49. The Morgan fingerprint density at radius 2 is 2.27 bits per heavy atom. The lowest BCUT2D eigenvalue weighted by Gasteiger charge is -2.06. The number of benzene rings is 1. The maximum Gasteiger partial charge on any atom is 0.307 e. The molecule has 0 aliphatic rings. The summed E-state index contributed by atoms with van der Waals surface area (Å²) in [6.45, 7) is 2.79. The number of rotatable bonds is 6. The van der Waals surface area contributed by atoms with Crippen LogP contribution in [0.15, 0.2) is 24.3 Å². The third-order valence-electron chi connectivity index (χ3n) is 2.02. The van der Waals surface area contributed by atoms with Gasteiger partial charge >= 0.3 is 5.97 Å². The molecule has 0 aromatic heterocycles. The van der Waals surface area contributed by atoms with E-state index in [9.17, 15) is 4.79 Å². The molecule has 0 radical (unpaired) electrons. The van der Waals surface area contributed by atoms with Crippen LogP contribution in [0, 0.1) is 0 Å². The number of hydrogen-bond acceptors (Lipinski definition) is 2. The van der Waals surface area contributed by atoms with Crippen LogP contribution in [0.3, 0.4) is 0 Å². The van der Waals surface area contributed by atoms with Gasteiger partial charge in [-0.3, -0.25) is 4.79 Å². The molecule has 1 rings (SSSR count). The predicted octanol–water partition coefficient (Wildman–Crippen LogP) is 2.49. The number of carbonyl (C=O) groups is 1. The van der Waals surface area contributed by atoms with Crippen molar-refractivity contribution in [2.24, 2.45) is 0 Å². The summed E-state index contributed by atoms with van der Waals surface area (Å²) in [7, 11) is 0. The molecule has 1 N–H and O–H groups in total. The van der Waals surface area contributed by atoms with Gasteiger partial charge < -0.3 is 9.84 Å². The van der Waals surface area contributed by atoms with Gasteiger partial charge in [0.05, 0.1) is 13.0 Å². The molecule has 0 aliphatic carbocycles. The fourth-order valence-corrected chi connectivity index (χ4v) is 1.25. The first kappa shape index (κ1) is 11.6. The summed E-state index contributed by atoms with van der Waals surface area (Å²) in [4.78, 5) is 10.5. The molecule has 3 nitrogen and oxygen atoms in total. The first-order valence-corrected chi connectivity index (χ1v) is 5.16. The van der Waals surface area contributed by atoms with Gasteiger partial charge in [0.1, 0.15) is 5.75 Å². The number of aliphatic carboxylic acids is 1. The highest BCUT2D eigenvalue weighted by atomic mass is 16.5. The van der Waals surface area contributed by atoms with E-state index >= 15 is 0 Å². The Morgan fingerprint density at radius 1 is 1.47 bits per heavy atom. The van der Waals surface area contributed by atoms with E-state index in [1.807, 2.05) is 12.1 Å². The van der Waals surface area contributed by atoms with Crippen LogP contribution in [0.25, 0.3) is 0 Å². The minimum atomic E-state index is -0.819. The molecule has 0 amide bonds. The topological polar surface area (TPSA) is 46.5 Å². The third-order valence-corrected chi connectivity index (χ3v) is 2.02. The van der Waals surface area contributed by atoms with E-state index < -0.39 is 5.97 Å². The van der Waals surface area contributed by atoms with E-state index in [2.05, 4.69) is 6.92 Å². The van der Waals surface area contributed by atoms with Crippen molar-refractivity contribution in [1.29, 1.82) is 0 Å². The van der Waals surface area contributed by atoms with Crippen molar-refractivity contribution in [1.82, 2.24) is 0 Å². The van der Waals surface area contributed by atoms with Crippen LogP contribution in [0.2, 0.25) is 0 Å². The monoisotopic (exact) mass is 208 g/mol. The van der Waals surface area contributed by atoms with E-state index in [1.54, 1.807) is 12.1 Å². The number of carboxylic acid groups (broad SMARTS) is 1. The second kappa shape index (κ2) is 6.06. The van der Waals surface area contributed by atoms with Crippen molar-refractivity contribution in [2.75, 3.05) is 6.61 Å². The van der Waals surface area contributed by atoms with Gasteiger partial charge in [-0.05, 0) is 24.1 Å². The van der Waals surface area contributed by atoms with Crippen molar-refractivity contribution in [3.8, 4) is 5.75 Å². The summed E-state index contributed by atoms with van der Waals surface area (Å²) in [6, 6.07) is 7.24. The molecular formula is C12H16O3. The maximum absolute atomic E-state index is 10.5. The van der Waals surface area contributed by atoms with E-state index in [-0.39, 0.29) is 6.42 Å². The molecule has 15 heavy (non-hydrogen) atoms. The summed E-state index contributed by atoms with van der Waals surface area (Å²) in [5, 5.41) is 8.63. The van der Waals surface area contributed by atoms with Gasteiger partial charge in [0.25, 0.3) is 0 Å². The lowest BCUT2D eigenvalue weighted by Crippen LogP contribution is -2.01. The molecule has 82 valence electrons. The van der Waals surface area contributed by atoms with Gasteiger partial charge in [-0.15, -0.1) is 0 Å². The molecule has 0 aliphatic heterocycles. The molecule has 0 saturated heterocycles. The Bertz CT molecular complexity index is 320. The molecule has 0 heterocycles. The first-order valence-electron chi connectivity index (χ1n) is 5.16. The summed E-state index contributed by atoms with van der Waals surface area (Å²) < 4.78 is 5.48. The molecule has 0 spiro atoms. The van der Waals surface area contributed by atoms with Crippen LogP contribution in [0.1, 0.15) is 25.3 Å². The summed E-state index contributed by atoms with van der Waals surface area (Å²) in [5.74, 6) is -0.0668. The summed E-state index contributed by atoms with van der Waals surface area (Å²) in [6.07, 6.45) is 2.16. The van der Waals surface area contributed by atoms with Crippen LogP contribution in [0.5, 0.6) is 5.75 Å². The molecular weight excluding hydrogens is 192 g/mol. The Morgan fingerprint density at radius 3 is 2.93 bits per heavy atom. The fraction of sp³-hybridized carbons (Fsp3) is 0.417. The average Bonchev–Trinajstić information content (AvgIpc) is 2.18. The maximum atomic E-state index is 10.5. The Hall–Kier alpha value is -1.51. The minimum Gasteiger partial charge on any atom is -0.494 e. The Labute approximate surface area is 89.7 Å². The van der Waals surface area contributed by atoms with E-state index in [1.165, 1.54) is 0 Å². The van der Waals surface area contributed by atoms with Crippen LogP contribution in [-0.4, -0.2) is 17.7 Å². The van der Waals surface area contributed by atoms with Gasteiger partial charge in [-0.2, -0.15) is 0 Å². The molecule has 0 unspecified atom stereocenters. The Balaban J connectivity index is 2.53. The zero-order valence-corrected chi connectivity index (χ0v) is 8.90. The van der Waals surface area contributed by atoms with Gasteiger partial charge in [0.15, 0.2) is 0 Å². The molecule has 0 bridgehead atoms. The van der Waals surface area contributed by atoms with Crippen LogP contribution < -0.4 is 4.74 Å². The van der Waals surface area contributed by atoms with Crippen LogP contribution in [0.4, 0.5) is 0 Å². The molecule has 1 aromatic rings. The second-order valence-electron chi connectivity index (χ2n) is 3.42. The lowest BCUT2D eigenvalue weighted by molar-refractivity contribution is -0.136. The van der Waals surface area contributed by atoms with Crippen LogP contribution >= 0.6 is 0 Å². The molecule has 0 atom stereocenters. The smallest absolute Gasteiger partial charge is 0.307 e. The van der Waals surface area contributed by atoms with Gasteiger partial charge in [0, 0.05) is 0 Å². The van der Waals surface area contributed by atoms with Gasteiger partial charge in [-0.25, -0.2) is 0 Å². The standard InChI is InChI=1S/C12H16O3/c1-2-3-7-15-11-6-4-5-10(8-11)9-12(13)14/h4-6,8H,2-3,7,9H2,1H3,(H,13,14). The molecule has 0 saturated carbocycles. The first-order chi connectivity index (χ1) is 7.22. The number of hydrogen-bond donors (Lipinski definition) is 1. The minimum absolute atomic E-state index is 0.0466. The zero-order valence-electron chi connectivity index (χ0n) is 8.90.